The second-order valence-electron chi connectivity index (χ2n) is 5.77. The van der Waals surface area contributed by atoms with Crippen LogP contribution in [0.2, 0.25) is 0 Å². The maximum atomic E-state index is 12.3. The van der Waals surface area contributed by atoms with E-state index in [1.54, 1.807) is 7.11 Å². The Morgan fingerprint density at radius 3 is 2.38 bits per heavy atom. The van der Waals surface area contributed by atoms with Crippen LogP contribution in [-0.2, 0) is 11.3 Å². The number of nitrogens with one attached hydrogen (secondary N) is 1. The Bertz CT molecular complexity index is 662. The SMILES string of the molecule is COc1ccc(NC(=O)c2ccc(CN3CCOCC3)cc2)cc1. The predicted molar refractivity (Wildman–Crippen MR) is 93.5 cm³/mol. The molecular formula is C19H22N2O3. The highest BCUT2D eigenvalue weighted by molar-refractivity contribution is 6.04. The molecule has 0 saturated carbocycles. The van der Waals surface area contributed by atoms with E-state index >= 15 is 0 Å². The van der Waals surface area contributed by atoms with E-state index in [1.165, 1.54) is 5.56 Å². The van der Waals surface area contributed by atoms with E-state index < -0.39 is 0 Å². The van der Waals surface area contributed by atoms with Crippen LogP contribution in [0.15, 0.2) is 48.5 Å². The maximum absolute atomic E-state index is 12.3. The minimum absolute atomic E-state index is 0.113. The Kier molecular flexibility index (Phi) is 5.46. The monoisotopic (exact) mass is 326 g/mol. The molecule has 24 heavy (non-hydrogen) atoms. The average Bonchev–Trinajstić information content (AvgIpc) is 2.64. The minimum Gasteiger partial charge on any atom is -0.497 e. The number of anilines is 1. The zero-order chi connectivity index (χ0) is 16.8. The summed E-state index contributed by atoms with van der Waals surface area (Å²) in [4.78, 5) is 14.7. The van der Waals surface area contributed by atoms with E-state index in [4.69, 9.17) is 9.47 Å². The molecule has 1 amide bonds. The molecule has 126 valence electrons. The first-order chi connectivity index (χ1) is 11.7. The number of benzene rings is 2. The summed E-state index contributed by atoms with van der Waals surface area (Å²) in [5.41, 5.74) is 2.60. The van der Waals surface area contributed by atoms with Crippen LogP contribution in [0.5, 0.6) is 5.75 Å². The molecule has 5 nitrogen and oxygen atoms in total. The lowest BCUT2D eigenvalue weighted by Crippen LogP contribution is -2.35. The fraction of sp³-hybridized carbons (Fsp3) is 0.316. The zero-order valence-corrected chi connectivity index (χ0v) is 13.8. The van der Waals surface area contributed by atoms with Crippen molar-refractivity contribution < 1.29 is 14.3 Å². The van der Waals surface area contributed by atoms with Crippen molar-refractivity contribution in [1.82, 2.24) is 4.90 Å². The molecule has 0 bridgehead atoms. The largest absolute Gasteiger partial charge is 0.497 e. The van der Waals surface area contributed by atoms with Crippen molar-refractivity contribution in [2.45, 2.75) is 6.54 Å². The molecule has 2 aromatic rings. The summed E-state index contributed by atoms with van der Waals surface area (Å²) in [6.45, 7) is 4.40. The number of nitrogens with zero attached hydrogens (tertiary/aromatic N) is 1. The van der Waals surface area contributed by atoms with Crippen LogP contribution >= 0.6 is 0 Å². The number of ether oxygens (including phenoxy) is 2. The fourth-order valence-electron chi connectivity index (χ4n) is 2.66. The van der Waals surface area contributed by atoms with Gasteiger partial charge >= 0.3 is 0 Å². The van der Waals surface area contributed by atoms with E-state index in [1.807, 2.05) is 48.5 Å². The number of amides is 1. The second kappa shape index (κ2) is 7.95. The van der Waals surface area contributed by atoms with Crippen LogP contribution in [0, 0.1) is 0 Å². The summed E-state index contributed by atoms with van der Waals surface area (Å²) < 4.78 is 10.5. The number of methoxy groups -OCH3 is 1. The van der Waals surface area contributed by atoms with Gasteiger partial charge < -0.3 is 14.8 Å². The molecule has 0 unspecified atom stereocenters. The van der Waals surface area contributed by atoms with Gasteiger partial charge in [-0.2, -0.15) is 0 Å². The molecule has 0 atom stereocenters. The van der Waals surface area contributed by atoms with Crippen LogP contribution in [0.25, 0.3) is 0 Å². The third kappa shape index (κ3) is 4.34. The molecule has 0 aromatic heterocycles. The third-order valence-corrected chi connectivity index (χ3v) is 4.07. The Labute approximate surface area is 142 Å². The van der Waals surface area contributed by atoms with Crippen molar-refractivity contribution in [2.75, 3.05) is 38.7 Å². The fourth-order valence-corrected chi connectivity index (χ4v) is 2.66. The van der Waals surface area contributed by atoms with Crippen LogP contribution in [-0.4, -0.2) is 44.2 Å². The van der Waals surface area contributed by atoms with E-state index in [0.29, 0.717) is 5.56 Å². The van der Waals surface area contributed by atoms with Gasteiger partial charge in [0.15, 0.2) is 0 Å². The lowest BCUT2D eigenvalue weighted by Gasteiger charge is -2.26. The van der Waals surface area contributed by atoms with E-state index in [-0.39, 0.29) is 5.91 Å². The first-order valence-corrected chi connectivity index (χ1v) is 8.09. The van der Waals surface area contributed by atoms with Crippen molar-refractivity contribution in [3.05, 3.63) is 59.7 Å². The Morgan fingerprint density at radius 2 is 1.75 bits per heavy atom. The molecule has 0 aliphatic carbocycles. The molecule has 1 fully saturated rings. The Balaban J connectivity index is 1.58. The summed E-state index contributed by atoms with van der Waals surface area (Å²) in [6.07, 6.45) is 0. The van der Waals surface area contributed by atoms with Crippen LogP contribution in [0.4, 0.5) is 5.69 Å². The number of carbonyl (C=O) groups is 1. The minimum atomic E-state index is -0.113. The summed E-state index contributed by atoms with van der Waals surface area (Å²) in [7, 11) is 1.62. The molecular weight excluding hydrogens is 304 g/mol. The van der Waals surface area contributed by atoms with E-state index in [2.05, 4.69) is 10.2 Å². The van der Waals surface area contributed by atoms with Gasteiger partial charge in [-0.25, -0.2) is 0 Å². The number of carbonyl (C=O) groups excluding carboxylic acids is 1. The molecule has 1 heterocycles. The highest BCUT2D eigenvalue weighted by atomic mass is 16.5. The first kappa shape index (κ1) is 16.5. The number of morpholine rings is 1. The lowest BCUT2D eigenvalue weighted by atomic mass is 10.1. The number of hydrogen-bond donors (Lipinski definition) is 1. The Hall–Kier alpha value is -2.37. The quantitative estimate of drug-likeness (QED) is 0.918. The van der Waals surface area contributed by atoms with Gasteiger partial charge in [0.05, 0.1) is 20.3 Å². The normalized spacial score (nSPS) is 15.0. The second-order valence-corrected chi connectivity index (χ2v) is 5.77. The van der Waals surface area contributed by atoms with Gasteiger partial charge in [0.25, 0.3) is 5.91 Å². The predicted octanol–water partition coefficient (Wildman–Crippen LogP) is 2.78. The van der Waals surface area contributed by atoms with Gasteiger partial charge in [-0.15, -0.1) is 0 Å². The topological polar surface area (TPSA) is 50.8 Å². The van der Waals surface area contributed by atoms with Gasteiger partial charge in [0.2, 0.25) is 0 Å². The lowest BCUT2D eigenvalue weighted by molar-refractivity contribution is 0.0342. The molecule has 0 radical (unpaired) electrons. The molecule has 1 aliphatic heterocycles. The molecule has 1 saturated heterocycles. The molecule has 1 N–H and O–H groups in total. The number of rotatable bonds is 5. The molecule has 0 spiro atoms. The van der Waals surface area contributed by atoms with Crippen molar-refractivity contribution in [1.29, 1.82) is 0 Å². The van der Waals surface area contributed by atoms with Crippen molar-refractivity contribution in [2.24, 2.45) is 0 Å². The molecule has 5 heteroatoms. The average molecular weight is 326 g/mol. The van der Waals surface area contributed by atoms with Gasteiger partial charge in [0, 0.05) is 30.9 Å². The van der Waals surface area contributed by atoms with E-state index in [0.717, 1.165) is 44.3 Å². The van der Waals surface area contributed by atoms with Crippen LogP contribution in [0.3, 0.4) is 0 Å². The maximum Gasteiger partial charge on any atom is 0.255 e. The standard InChI is InChI=1S/C19H22N2O3/c1-23-18-8-6-17(7-9-18)20-19(22)16-4-2-15(3-5-16)14-21-10-12-24-13-11-21/h2-9H,10-14H2,1H3,(H,20,22). The van der Waals surface area contributed by atoms with Gasteiger partial charge in [-0.05, 0) is 42.0 Å². The summed E-state index contributed by atoms with van der Waals surface area (Å²) >= 11 is 0. The highest BCUT2D eigenvalue weighted by Crippen LogP contribution is 2.16. The smallest absolute Gasteiger partial charge is 0.255 e. The van der Waals surface area contributed by atoms with Crippen molar-refractivity contribution in [3.8, 4) is 5.75 Å². The summed E-state index contributed by atoms with van der Waals surface area (Å²) in [5.74, 6) is 0.651. The van der Waals surface area contributed by atoms with Gasteiger partial charge in [0.1, 0.15) is 5.75 Å². The molecule has 3 rings (SSSR count). The van der Waals surface area contributed by atoms with Gasteiger partial charge in [-0.3, -0.25) is 9.69 Å². The van der Waals surface area contributed by atoms with E-state index in [9.17, 15) is 4.79 Å². The number of hydrogen-bond acceptors (Lipinski definition) is 4. The van der Waals surface area contributed by atoms with Crippen molar-refractivity contribution in [3.63, 3.8) is 0 Å². The molecule has 2 aromatic carbocycles. The zero-order valence-electron chi connectivity index (χ0n) is 13.8. The summed E-state index contributed by atoms with van der Waals surface area (Å²) in [6, 6.07) is 15.1. The first-order valence-electron chi connectivity index (χ1n) is 8.09. The summed E-state index contributed by atoms with van der Waals surface area (Å²) in [5, 5.41) is 2.89. The Morgan fingerprint density at radius 1 is 1.08 bits per heavy atom. The van der Waals surface area contributed by atoms with Crippen LogP contribution < -0.4 is 10.1 Å². The third-order valence-electron chi connectivity index (χ3n) is 4.07. The molecule has 1 aliphatic rings. The van der Waals surface area contributed by atoms with Gasteiger partial charge in [-0.1, -0.05) is 12.1 Å². The van der Waals surface area contributed by atoms with Crippen molar-refractivity contribution >= 4 is 11.6 Å². The van der Waals surface area contributed by atoms with Crippen LogP contribution in [0.1, 0.15) is 15.9 Å². The highest BCUT2D eigenvalue weighted by Gasteiger charge is 2.11.